The summed E-state index contributed by atoms with van der Waals surface area (Å²) >= 11 is 1.42. The lowest BCUT2D eigenvalue weighted by atomic mass is 10.3. The monoisotopic (exact) mass is 511 g/mol. The van der Waals surface area contributed by atoms with Crippen LogP contribution in [0, 0.1) is 12.8 Å². The molecule has 0 saturated heterocycles. The Morgan fingerprint density at radius 3 is 2.69 bits per heavy atom. The van der Waals surface area contributed by atoms with Gasteiger partial charge in [-0.15, -0.1) is 0 Å². The van der Waals surface area contributed by atoms with Gasteiger partial charge in [-0.2, -0.15) is 10.1 Å². The van der Waals surface area contributed by atoms with Crippen LogP contribution >= 0.6 is 11.8 Å². The summed E-state index contributed by atoms with van der Waals surface area (Å²) in [4.78, 5) is 24.3. The number of aryl methyl sites for hydroxylation is 1. The predicted octanol–water partition coefficient (Wildman–Crippen LogP) is 3.83. The first-order valence-electron chi connectivity index (χ1n) is 12.3. The van der Waals surface area contributed by atoms with Crippen molar-refractivity contribution in [3.63, 3.8) is 0 Å². The van der Waals surface area contributed by atoms with Crippen molar-refractivity contribution in [2.24, 2.45) is 5.92 Å². The molecule has 3 aromatic rings. The zero-order chi connectivity index (χ0) is 25.3. The molecule has 36 heavy (non-hydrogen) atoms. The highest BCUT2D eigenvalue weighted by molar-refractivity contribution is 7.99. The Morgan fingerprint density at radius 2 is 2.03 bits per heavy atom. The lowest BCUT2D eigenvalue weighted by Crippen LogP contribution is -2.28. The number of carbonyl (C=O) groups excluding carboxylic acids is 1. The molecule has 0 atom stereocenters. The van der Waals surface area contributed by atoms with Gasteiger partial charge in [0.2, 0.25) is 11.8 Å². The van der Waals surface area contributed by atoms with Crippen LogP contribution in [0.4, 0.5) is 17.3 Å². The molecule has 1 aliphatic rings. The number of nitrogens with zero attached hydrogens (tertiary/aromatic N) is 4. The van der Waals surface area contributed by atoms with E-state index in [4.69, 9.17) is 9.84 Å². The van der Waals surface area contributed by atoms with Crippen LogP contribution < -0.4 is 15.4 Å². The number of hydrogen-bond acceptors (Lipinski definition) is 9. The third kappa shape index (κ3) is 7.94. The van der Waals surface area contributed by atoms with Crippen molar-refractivity contribution in [3.05, 3.63) is 42.1 Å². The Labute approximate surface area is 215 Å². The van der Waals surface area contributed by atoms with E-state index in [1.165, 1.54) is 11.8 Å². The molecule has 10 nitrogen and oxygen atoms in total. The minimum absolute atomic E-state index is 0.0896. The molecule has 4 N–H and O–H groups in total. The molecule has 192 valence electrons. The maximum atomic E-state index is 12.0. The summed E-state index contributed by atoms with van der Waals surface area (Å²) in [7, 11) is 0. The van der Waals surface area contributed by atoms with Crippen molar-refractivity contribution in [2.45, 2.75) is 43.2 Å². The molecule has 2 aromatic heterocycles. The second kappa shape index (κ2) is 12.7. The summed E-state index contributed by atoms with van der Waals surface area (Å²) in [5.41, 5.74) is 1.66. The summed E-state index contributed by atoms with van der Waals surface area (Å²) < 4.78 is 5.97. The molecule has 2 heterocycles. The summed E-state index contributed by atoms with van der Waals surface area (Å²) in [5.74, 6) is 2.05. The number of ether oxygens (including phenoxy) is 1. The van der Waals surface area contributed by atoms with Gasteiger partial charge in [-0.3, -0.25) is 9.89 Å². The summed E-state index contributed by atoms with van der Waals surface area (Å²) in [5, 5.41) is 23.0. The molecule has 0 bridgehead atoms. The second-order valence-corrected chi connectivity index (χ2v) is 9.71. The predicted molar refractivity (Wildman–Crippen MR) is 140 cm³/mol. The number of amides is 1. The van der Waals surface area contributed by atoms with E-state index < -0.39 is 0 Å². The number of likely N-dealkylation sites (N-methyl/N-ethyl adjacent to an activating group) is 1. The van der Waals surface area contributed by atoms with Gasteiger partial charge in [0.15, 0.2) is 5.16 Å². The number of nitrogens with one attached hydrogen (secondary N) is 3. The van der Waals surface area contributed by atoms with Crippen molar-refractivity contribution in [1.29, 1.82) is 0 Å². The third-order valence-corrected chi connectivity index (χ3v) is 6.54. The van der Waals surface area contributed by atoms with Crippen molar-refractivity contribution in [3.8, 4) is 5.88 Å². The van der Waals surface area contributed by atoms with Gasteiger partial charge in [0.1, 0.15) is 11.6 Å². The number of hydrogen-bond donors (Lipinski definition) is 4. The molecule has 0 radical (unpaired) electrons. The highest BCUT2D eigenvalue weighted by Crippen LogP contribution is 2.32. The zero-order valence-corrected chi connectivity index (χ0v) is 21.5. The molecular weight excluding hydrogens is 478 g/mol. The Balaban J connectivity index is 1.42. The van der Waals surface area contributed by atoms with Gasteiger partial charge >= 0.3 is 0 Å². The van der Waals surface area contributed by atoms with E-state index in [1.54, 1.807) is 6.07 Å². The molecule has 1 amide bonds. The number of aliphatic hydroxyl groups is 1. The molecule has 4 rings (SSSR count). The van der Waals surface area contributed by atoms with E-state index in [2.05, 4.69) is 42.6 Å². The number of aliphatic hydroxyl groups excluding tert-OH is 1. The molecule has 1 aromatic carbocycles. The first-order chi connectivity index (χ1) is 17.5. The normalized spacial score (nSPS) is 13.1. The van der Waals surface area contributed by atoms with Crippen molar-refractivity contribution < 1.29 is 14.6 Å². The number of aromatic nitrogens is 4. The SMILES string of the molecule is CCN(CCO)CCCOc1cc(Nc2cc(C)n[nH]2)nc(Sc2ccc(NC(=O)C3CC3)cc2)n1. The van der Waals surface area contributed by atoms with Gasteiger partial charge < -0.3 is 25.4 Å². The van der Waals surface area contributed by atoms with Crippen LogP contribution in [0.25, 0.3) is 0 Å². The molecule has 1 aliphatic carbocycles. The minimum atomic E-state index is 0.0896. The number of H-pyrrole nitrogens is 1. The maximum Gasteiger partial charge on any atom is 0.227 e. The fourth-order valence-electron chi connectivity index (χ4n) is 3.55. The fourth-order valence-corrected chi connectivity index (χ4v) is 4.31. The molecule has 0 unspecified atom stereocenters. The van der Waals surface area contributed by atoms with E-state index in [0.29, 0.717) is 30.0 Å². The number of carbonyl (C=O) groups is 1. The largest absolute Gasteiger partial charge is 0.477 e. The molecule has 1 fully saturated rings. The molecule has 1 saturated carbocycles. The highest BCUT2D eigenvalue weighted by Gasteiger charge is 2.29. The summed E-state index contributed by atoms with van der Waals surface area (Å²) in [6, 6.07) is 11.3. The summed E-state index contributed by atoms with van der Waals surface area (Å²) in [6.07, 6.45) is 2.77. The average Bonchev–Trinajstić information content (AvgIpc) is 3.64. The van der Waals surface area contributed by atoms with Crippen LogP contribution in [-0.2, 0) is 4.79 Å². The number of benzene rings is 1. The molecule has 11 heteroatoms. The van der Waals surface area contributed by atoms with Gasteiger partial charge in [0, 0.05) is 41.7 Å². The van der Waals surface area contributed by atoms with Gasteiger partial charge in [-0.05, 0) is 68.8 Å². The number of rotatable bonds is 14. The Morgan fingerprint density at radius 1 is 1.22 bits per heavy atom. The van der Waals surface area contributed by atoms with Crippen molar-refractivity contribution in [2.75, 3.05) is 43.5 Å². The van der Waals surface area contributed by atoms with E-state index in [-0.39, 0.29) is 18.4 Å². The second-order valence-electron chi connectivity index (χ2n) is 8.67. The number of anilines is 3. The topological polar surface area (TPSA) is 128 Å². The van der Waals surface area contributed by atoms with Crippen LogP contribution in [0.3, 0.4) is 0 Å². The van der Waals surface area contributed by atoms with E-state index in [9.17, 15) is 4.79 Å². The Kier molecular flexibility index (Phi) is 9.15. The van der Waals surface area contributed by atoms with Crippen LogP contribution in [0.1, 0.15) is 31.9 Å². The minimum Gasteiger partial charge on any atom is -0.477 e. The first kappa shape index (κ1) is 25.9. The van der Waals surface area contributed by atoms with Crippen molar-refractivity contribution in [1.82, 2.24) is 25.1 Å². The lowest BCUT2D eigenvalue weighted by Gasteiger charge is -2.18. The van der Waals surface area contributed by atoms with Crippen molar-refractivity contribution >= 4 is 35.0 Å². The van der Waals surface area contributed by atoms with Gasteiger partial charge in [-0.1, -0.05) is 6.92 Å². The van der Waals surface area contributed by atoms with Crippen LogP contribution in [0.2, 0.25) is 0 Å². The maximum absolute atomic E-state index is 12.0. The van der Waals surface area contributed by atoms with Gasteiger partial charge in [0.25, 0.3) is 0 Å². The van der Waals surface area contributed by atoms with E-state index >= 15 is 0 Å². The number of aromatic amines is 1. The first-order valence-corrected chi connectivity index (χ1v) is 13.1. The smallest absolute Gasteiger partial charge is 0.227 e. The van der Waals surface area contributed by atoms with E-state index in [0.717, 1.165) is 54.4 Å². The molecular formula is C25H33N7O3S. The van der Waals surface area contributed by atoms with Crippen LogP contribution in [-0.4, -0.2) is 68.9 Å². The van der Waals surface area contributed by atoms with Gasteiger partial charge in [-0.25, -0.2) is 4.98 Å². The Hall–Kier alpha value is -3.15. The van der Waals surface area contributed by atoms with Crippen LogP contribution in [0.5, 0.6) is 5.88 Å². The zero-order valence-electron chi connectivity index (χ0n) is 20.7. The fraction of sp³-hybridized carbons (Fsp3) is 0.440. The average molecular weight is 512 g/mol. The standard InChI is InChI=1S/C25H33N7O3S/c1-3-32(12-13-33)11-4-14-35-23-16-21(27-22-15-17(2)30-31-22)28-25(29-23)36-20-9-7-19(8-10-20)26-24(34)18-5-6-18/h7-10,15-16,18,33H,3-6,11-14H2,1-2H3,(H,26,34)(H2,27,28,29,30,31). The van der Waals surface area contributed by atoms with Gasteiger partial charge in [0.05, 0.1) is 18.9 Å². The van der Waals surface area contributed by atoms with E-state index in [1.807, 2.05) is 37.3 Å². The van der Waals surface area contributed by atoms with Crippen LogP contribution in [0.15, 0.2) is 46.5 Å². The molecule has 0 aliphatic heterocycles. The Bertz CT molecular complexity index is 1130. The highest BCUT2D eigenvalue weighted by atomic mass is 32.2. The lowest BCUT2D eigenvalue weighted by molar-refractivity contribution is -0.117. The third-order valence-electron chi connectivity index (χ3n) is 5.66. The molecule has 0 spiro atoms. The quantitative estimate of drug-likeness (QED) is 0.188. The summed E-state index contributed by atoms with van der Waals surface area (Å²) in [6.45, 7) is 7.02.